The van der Waals surface area contributed by atoms with E-state index in [1.807, 2.05) is 6.07 Å². The Morgan fingerprint density at radius 1 is 1.21 bits per heavy atom. The minimum absolute atomic E-state index is 0.287. The van der Waals surface area contributed by atoms with Crippen molar-refractivity contribution in [2.24, 2.45) is 0 Å². The average molecular weight is 277 g/mol. The van der Waals surface area contributed by atoms with Gasteiger partial charge < -0.3 is 10.6 Å². The molecule has 1 aromatic carbocycles. The van der Waals surface area contributed by atoms with Crippen molar-refractivity contribution in [1.29, 1.82) is 0 Å². The molecule has 98 valence electrons. The largest absolute Gasteiger partial charge is 0.338 e. The number of para-hydroxylation sites is 1. The Hall–Kier alpha value is -2.14. The highest BCUT2D eigenvalue weighted by atomic mass is 35.5. The fourth-order valence-electron chi connectivity index (χ4n) is 1.51. The van der Waals surface area contributed by atoms with Crippen LogP contribution in [0.15, 0.2) is 43.0 Å². The number of halogens is 1. The molecule has 5 nitrogen and oxygen atoms in total. The van der Waals surface area contributed by atoms with Crippen LogP contribution in [0.1, 0.15) is 5.56 Å². The molecule has 0 unspecified atom stereocenters. The van der Waals surface area contributed by atoms with Gasteiger partial charge in [-0.3, -0.25) is 0 Å². The van der Waals surface area contributed by atoms with Gasteiger partial charge >= 0.3 is 6.03 Å². The Kier molecular flexibility index (Phi) is 4.69. The molecule has 0 radical (unpaired) electrons. The molecule has 2 amide bonds. The van der Waals surface area contributed by atoms with Crippen molar-refractivity contribution in [3.63, 3.8) is 0 Å². The van der Waals surface area contributed by atoms with Crippen molar-refractivity contribution in [2.75, 3.05) is 11.9 Å². The van der Waals surface area contributed by atoms with Gasteiger partial charge in [0, 0.05) is 18.9 Å². The third-order valence-corrected chi connectivity index (χ3v) is 2.76. The maximum Gasteiger partial charge on any atom is 0.319 e. The lowest BCUT2D eigenvalue weighted by molar-refractivity contribution is 0.252. The summed E-state index contributed by atoms with van der Waals surface area (Å²) >= 11 is 5.94. The molecule has 0 aliphatic heterocycles. The summed E-state index contributed by atoms with van der Waals surface area (Å²) in [5, 5.41) is 5.93. The molecule has 0 bridgehead atoms. The smallest absolute Gasteiger partial charge is 0.319 e. The molecule has 1 aromatic heterocycles. The summed E-state index contributed by atoms with van der Waals surface area (Å²) in [5.74, 6) is 0. The number of hydrogen-bond donors (Lipinski definition) is 2. The van der Waals surface area contributed by atoms with Crippen LogP contribution in [0.25, 0.3) is 0 Å². The number of anilines is 1. The molecule has 19 heavy (non-hydrogen) atoms. The summed E-state index contributed by atoms with van der Waals surface area (Å²) in [6.45, 7) is 0.504. The first-order valence-corrected chi connectivity index (χ1v) is 6.17. The van der Waals surface area contributed by atoms with Crippen molar-refractivity contribution < 1.29 is 4.79 Å². The van der Waals surface area contributed by atoms with Crippen molar-refractivity contribution in [3.8, 4) is 0 Å². The normalized spacial score (nSPS) is 9.95. The number of hydrogen-bond acceptors (Lipinski definition) is 3. The molecule has 0 aliphatic rings. The predicted molar refractivity (Wildman–Crippen MR) is 74.2 cm³/mol. The molecule has 0 atom stereocenters. The molecule has 0 saturated heterocycles. The number of nitrogens with zero attached hydrogens (tertiary/aromatic N) is 2. The first-order valence-electron chi connectivity index (χ1n) is 5.79. The molecular weight excluding hydrogens is 264 g/mol. The van der Waals surface area contributed by atoms with Gasteiger partial charge in [0.2, 0.25) is 0 Å². The van der Waals surface area contributed by atoms with Crippen molar-refractivity contribution in [1.82, 2.24) is 15.3 Å². The molecule has 2 N–H and O–H groups in total. The average Bonchev–Trinajstić information content (AvgIpc) is 2.43. The van der Waals surface area contributed by atoms with E-state index in [1.54, 1.807) is 30.6 Å². The zero-order chi connectivity index (χ0) is 13.5. The zero-order valence-corrected chi connectivity index (χ0v) is 10.9. The summed E-state index contributed by atoms with van der Waals surface area (Å²) in [4.78, 5) is 19.5. The number of urea groups is 1. The number of benzene rings is 1. The Balaban J connectivity index is 1.78. The summed E-state index contributed by atoms with van der Waals surface area (Å²) in [6, 6.07) is 6.79. The zero-order valence-electron chi connectivity index (χ0n) is 10.1. The fraction of sp³-hybridized carbons (Fsp3) is 0.154. The molecule has 2 aromatic rings. The van der Waals surface area contributed by atoms with E-state index in [-0.39, 0.29) is 6.03 Å². The van der Waals surface area contributed by atoms with E-state index in [2.05, 4.69) is 20.6 Å². The number of nitrogens with one attached hydrogen (secondary N) is 2. The maximum absolute atomic E-state index is 11.6. The fourth-order valence-corrected chi connectivity index (χ4v) is 1.69. The number of aromatic nitrogens is 2. The predicted octanol–water partition coefficient (Wildman–Crippen LogP) is 2.49. The molecule has 2 rings (SSSR count). The van der Waals surface area contributed by atoms with Crippen LogP contribution in [0, 0.1) is 0 Å². The Morgan fingerprint density at radius 2 is 1.95 bits per heavy atom. The first-order chi connectivity index (χ1) is 9.25. The van der Waals surface area contributed by atoms with Crippen molar-refractivity contribution >= 4 is 23.3 Å². The van der Waals surface area contributed by atoms with Gasteiger partial charge in [-0.2, -0.15) is 0 Å². The van der Waals surface area contributed by atoms with Gasteiger partial charge in [-0.1, -0.05) is 23.7 Å². The van der Waals surface area contributed by atoms with E-state index >= 15 is 0 Å². The van der Waals surface area contributed by atoms with Gasteiger partial charge in [-0.15, -0.1) is 0 Å². The quantitative estimate of drug-likeness (QED) is 0.902. The molecule has 1 heterocycles. The topological polar surface area (TPSA) is 66.9 Å². The molecule has 0 fully saturated rings. The number of rotatable bonds is 4. The maximum atomic E-state index is 11.6. The lowest BCUT2D eigenvalue weighted by Crippen LogP contribution is -2.30. The van der Waals surface area contributed by atoms with Gasteiger partial charge in [-0.25, -0.2) is 14.8 Å². The van der Waals surface area contributed by atoms with Gasteiger partial charge in [0.05, 0.1) is 10.7 Å². The van der Waals surface area contributed by atoms with E-state index < -0.39 is 0 Å². The SMILES string of the molecule is O=C(NCCc1cncnc1)Nc1ccccc1Cl. The van der Waals surface area contributed by atoms with E-state index in [4.69, 9.17) is 11.6 Å². The monoisotopic (exact) mass is 276 g/mol. The van der Waals surface area contributed by atoms with Gasteiger partial charge in [0.25, 0.3) is 0 Å². The minimum Gasteiger partial charge on any atom is -0.338 e. The summed E-state index contributed by atoms with van der Waals surface area (Å²) in [6.07, 6.45) is 5.60. The summed E-state index contributed by atoms with van der Waals surface area (Å²) < 4.78 is 0. The Labute approximate surface area is 116 Å². The van der Waals surface area contributed by atoms with Crippen LogP contribution >= 0.6 is 11.6 Å². The third kappa shape index (κ3) is 4.22. The van der Waals surface area contributed by atoms with Crippen molar-refractivity contribution in [3.05, 3.63) is 53.6 Å². The van der Waals surface area contributed by atoms with Crippen LogP contribution in [0.3, 0.4) is 0 Å². The highest BCUT2D eigenvalue weighted by molar-refractivity contribution is 6.33. The van der Waals surface area contributed by atoms with Crippen LogP contribution in [0.5, 0.6) is 0 Å². The lowest BCUT2D eigenvalue weighted by Gasteiger charge is -2.08. The minimum atomic E-state index is -0.287. The highest BCUT2D eigenvalue weighted by Gasteiger charge is 2.04. The molecule has 0 spiro atoms. The molecule has 0 aliphatic carbocycles. The van der Waals surface area contributed by atoms with Crippen molar-refractivity contribution in [2.45, 2.75) is 6.42 Å². The van der Waals surface area contributed by atoms with Crippen LogP contribution in [-0.4, -0.2) is 22.5 Å². The number of amides is 2. The lowest BCUT2D eigenvalue weighted by atomic mass is 10.2. The van der Waals surface area contributed by atoms with Crippen LogP contribution in [0.2, 0.25) is 5.02 Å². The van der Waals surface area contributed by atoms with E-state index in [0.717, 1.165) is 5.56 Å². The first kappa shape index (κ1) is 13.3. The van der Waals surface area contributed by atoms with Gasteiger partial charge in [-0.05, 0) is 24.1 Å². The van der Waals surface area contributed by atoms with Gasteiger partial charge in [0.1, 0.15) is 6.33 Å². The standard InChI is InChI=1S/C13H13ClN4O/c14-11-3-1-2-4-12(11)18-13(19)17-6-5-10-7-15-9-16-8-10/h1-4,7-9H,5-6H2,(H2,17,18,19). The second-order valence-corrected chi connectivity index (χ2v) is 4.26. The van der Waals surface area contributed by atoms with E-state index in [1.165, 1.54) is 6.33 Å². The number of carbonyl (C=O) groups is 1. The van der Waals surface area contributed by atoms with Crippen LogP contribution in [0.4, 0.5) is 10.5 Å². The van der Waals surface area contributed by atoms with Gasteiger partial charge in [0.15, 0.2) is 0 Å². The Morgan fingerprint density at radius 3 is 2.68 bits per heavy atom. The second kappa shape index (κ2) is 6.70. The van der Waals surface area contributed by atoms with Crippen LogP contribution in [-0.2, 0) is 6.42 Å². The number of carbonyl (C=O) groups excluding carboxylic acids is 1. The summed E-state index contributed by atoms with van der Waals surface area (Å²) in [7, 11) is 0. The second-order valence-electron chi connectivity index (χ2n) is 3.86. The molecular formula is C13H13ClN4O. The molecule has 0 saturated carbocycles. The van der Waals surface area contributed by atoms with Crippen LogP contribution < -0.4 is 10.6 Å². The summed E-state index contributed by atoms with van der Waals surface area (Å²) in [5.41, 5.74) is 1.56. The molecule has 6 heteroatoms. The van der Waals surface area contributed by atoms with E-state index in [0.29, 0.717) is 23.7 Å². The van der Waals surface area contributed by atoms with E-state index in [9.17, 15) is 4.79 Å². The highest BCUT2D eigenvalue weighted by Crippen LogP contribution is 2.19. The third-order valence-electron chi connectivity index (χ3n) is 2.44. The Bertz CT molecular complexity index is 547.